The van der Waals surface area contributed by atoms with E-state index in [2.05, 4.69) is 20.6 Å². The average Bonchev–Trinajstić information content (AvgIpc) is 2.48. The van der Waals surface area contributed by atoms with Crippen LogP contribution < -0.4 is 10.6 Å². The molecule has 3 rings (SSSR count). The molecule has 104 valence electrons. The van der Waals surface area contributed by atoms with Crippen molar-refractivity contribution >= 4 is 23.0 Å². The first-order valence-electron chi connectivity index (χ1n) is 6.79. The smallest absolute Gasteiger partial charge is 0.136 e. The van der Waals surface area contributed by atoms with Crippen LogP contribution in [0.1, 0.15) is 5.82 Å². The highest BCUT2D eigenvalue weighted by Gasteiger charge is 2.03. The van der Waals surface area contributed by atoms with Crippen molar-refractivity contribution in [1.29, 1.82) is 0 Å². The minimum absolute atomic E-state index is 0.717. The number of hydrogen-bond donors (Lipinski definition) is 2. The van der Waals surface area contributed by atoms with E-state index in [1.54, 1.807) is 0 Å². The van der Waals surface area contributed by atoms with Gasteiger partial charge in [0.15, 0.2) is 0 Å². The fourth-order valence-corrected chi connectivity index (χ4v) is 2.03. The molecule has 1 heterocycles. The molecule has 4 heteroatoms. The SMILES string of the molecule is Cc1nc(Nc2ccccc2)cc(Nc2ccccc2)n1. The number of hydrogen-bond acceptors (Lipinski definition) is 4. The molecule has 2 aromatic carbocycles. The van der Waals surface area contributed by atoms with Crippen molar-refractivity contribution in [3.05, 3.63) is 72.6 Å². The van der Waals surface area contributed by atoms with E-state index in [1.807, 2.05) is 73.7 Å². The maximum absolute atomic E-state index is 4.41. The second-order valence-electron chi connectivity index (χ2n) is 4.67. The average molecular weight is 276 g/mol. The van der Waals surface area contributed by atoms with Gasteiger partial charge in [-0.15, -0.1) is 0 Å². The monoisotopic (exact) mass is 276 g/mol. The second kappa shape index (κ2) is 6.05. The molecule has 4 nitrogen and oxygen atoms in total. The Morgan fingerprint density at radius 2 is 1.10 bits per heavy atom. The van der Waals surface area contributed by atoms with Gasteiger partial charge in [-0.2, -0.15) is 0 Å². The third-order valence-electron chi connectivity index (χ3n) is 2.93. The van der Waals surface area contributed by atoms with Crippen LogP contribution in [-0.2, 0) is 0 Å². The van der Waals surface area contributed by atoms with Crippen LogP contribution in [0.15, 0.2) is 66.7 Å². The summed E-state index contributed by atoms with van der Waals surface area (Å²) in [5.41, 5.74) is 2.00. The number of rotatable bonds is 4. The molecule has 2 N–H and O–H groups in total. The number of anilines is 4. The van der Waals surface area contributed by atoms with E-state index < -0.39 is 0 Å². The summed E-state index contributed by atoms with van der Waals surface area (Å²) >= 11 is 0. The molecule has 0 aliphatic rings. The van der Waals surface area contributed by atoms with Gasteiger partial charge >= 0.3 is 0 Å². The van der Waals surface area contributed by atoms with Crippen molar-refractivity contribution in [3.8, 4) is 0 Å². The third kappa shape index (κ3) is 3.57. The van der Waals surface area contributed by atoms with Gasteiger partial charge in [0.25, 0.3) is 0 Å². The molecule has 0 unspecified atom stereocenters. The lowest BCUT2D eigenvalue weighted by Gasteiger charge is -2.10. The summed E-state index contributed by atoms with van der Waals surface area (Å²) in [7, 11) is 0. The zero-order valence-electron chi connectivity index (χ0n) is 11.7. The topological polar surface area (TPSA) is 49.8 Å². The molecule has 0 atom stereocenters. The molecule has 0 saturated carbocycles. The summed E-state index contributed by atoms with van der Waals surface area (Å²) in [6.45, 7) is 1.88. The molecule has 0 bridgehead atoms. The van der Waals surface area contributed by atoms with Crippen LogP contribution >= 0.6 is 0 Å². The summed E-state index contributed by atoms with van der Waals surface area (Å²) in [5, 5.41) is 6.56. The van der Waals surface area contributed by atoms with E-state index in [1.165, 1.54) is 0 Å². The summed E-state index contributed by atoms with van der Waals surface area (Å²) in [6.07, 6.45) is 0. The Balaban J connectivity index is 1.83. The van der Waals surface area contributed by atoms with Gasteiger partial charge < -0.3 is 10.6 Å². The van der Waals surface area contributed by atoms with Gasteiger partial charge in [0, 0.05) is 17.4 Å². The van der Waals surface area contributed by atoms with E-state index in [4.69, 9.17) is 0 Å². The molecule has 0 fully saturated rings. The highest BCUT2D eigenvalue weighted by atomic mass is 15.1. The number of para-hydroxylation sites is 2. The Kier molecular flexibility index (Phi) is 3.78. The van der Waals surface area contributed by atoms with Crippen molar-refractivity contribution in [1.82, 2.24) is 9.97 Å². The lowest BCUT2D eigenvalue weighted by molar-refractivity contribution is 1.06. The lowest BCUT2D eigenvalue weighted by atomic mass is 10.3. The van der Waals surface area contributed by atoms with Gasteiger partial charge in [-0.25, -0.2) is 9.97 Å². The van der Waals surface area contributed by atoms with Gasteiger partial charge in [0.2, 0.25) is 0 Å². The summed E-state index contributed by atoms with van der Waals surface area (Å²) in [5.74, 6) is 2.26. The van der Waals surface area contributed by atoms with Crippen molar-refractivity contribution in [2.45, 2.75) is 6.92 Å². The normalized spacial score (nSPS) is 10.1. The van der Waals surface area contributed by atoms with Gasteiger partial charge in [-0.05, 0) is 31.2 Å². The summed E-state index contributed by atoms with van der Waals surface area (Å²) in [4.78, 5) is 8.82. The zero-order valence-corrected chi connectivity index (χ0v) is 11.7. The highest BCUT2D eigenvalue weighted by Crippen LogP contribution is 2.19. The first-order valence-corrected chi connectivity index (χ1v) is 6.79. The molecule has 0 aliphatic heterocycles. The Morgan fingerprint density at radius 3 is 1.52 bits per heavy atom. The standard InChI is InChI=1S/C17H16N4/c1-13-18-16(20-14-8-4-2-5-9-14)12-17(19-13)21-15-10-6-3-7-11-15/h2-12H,1H3,(H2,18,19,20,21). The Labute approximate surface area is 123 Å². The number of aromatic nitrogens is 2. The molecule has 21 heavy (non-hydrogen) atoms. The van der Waals surface area contributed by atoms with Crippen molar-refractivity contribution in [3.63, 3.8) is 0 Å². The number of aryl methyl sites for hydroxylation is 1. The predicted molar refractivity (Wildman–Crippen MR) is 86.2 cm³/mol. The van der Waals surface area contributed by atoms with E-state index >= 15 is 0 Å². The van der Waals surface area contributed by atoms with Crippen LogP contribution in [0.25, 0.3) is 0 Å². The van der Waals surface area contributed by atoms with Gasteiger partial charge in [-0.1, -0.05) is 36.4 Å². The molecular formula is C17H16N4. The van der Waals surface area contributed by atoms with Crippen LogP contribution in [0.4, 0.5) is 23.0 Å². The Hall–Kier alpha value is -2.88. The molecular weight excluding hydrogens is 260 g/mol. The molecule has 0 saturated heterocycles. The Morgan fingerprint density at radius 1 is 0.667 bits per heavy atom. The maximum Gasteiger partial charge on any atom is 0.136 e. The molecule has 0 radical (unpaired) electrons. The summed E-state index contributed by atoms with van der Waals surface area (Å²) < 4.78 is 0. The maximum atomic E-state index is 4.41. The van der Waals surface area contributed by atoms with Crippen LogP contribution in [0, 0.1) is 6.92 Å². The second-order valence-corrected chi connectivity index (χ2v) is 4.67. The summed E-state index contributed by atoms with van der Waals surface area (Å²) in [6, 6.07) is 21.8. The molecule has 3 aromatic rings. The zero-order chi connectivity index (χ0) is 14.5. The number of nitrogens with zero attached hydrogens (tertiary/aromatic N) is 2. The van der Waals surface area contributed by atoms with Crippen molar-refractivity contribution < 1.29 is 0 Å². The quantitative estimate of drug-likeness (QED) is 0.747. The van der Waals surface area contributed by atoms with Crippen molar-refractivity contribution in [2.24, 2.45) is 0 Å². The van der Waals surface area contributed by atoms with Crippen LogP contribution in [0.5, 0.6) is 0 Å². The van der Waals surface area contributed by atoms with Crippen LogP contribution in [-0.4, -0.2) is 9.97 Å². The molecule has 0 aliphatic carbocycles. The first-order chi connectivity index (χ1) is 10.3. The van der Waals surface area contributed by atoms with Crippen LogP contribution in [0.2, 0.25) is 0 Å². The minimum Gasteiger partial charge on any atom is -0.340 e. The van der Waals surface area contributed by atoms with Gasteiger partial charge in [0.1, 0.15) is 17.5 Å². The van der Waals surface area contributed by atoms with E-state index in [9.17, 15) is 0 Å². The fourth-order valence-electron chi connectivity index (χ4n) is 2.03. The lowest BCUT2D eigenvalue weighted by Crippen LogP contribution is -2.01. The predicted octanol–water partition coefficient (Wildman–Crippen LogP) is 4.27. The van der Waals surface area contributed by atoms with Crippen molar-refractivity contribution in [2.75, 3.05) is 10.6 Å². The molecule has 0 amide bonds. The number of benzene rings is 2. The fraction of sp³-hybridized carbons (Fsp3) is 0.0588. The van der Waals surface area contributed by atoms with Gasteiger partial charge in [0.05, 0.1) is 0 Å². The van der Waals surface area contributed by atoms with Crippen LogP contribution in [0.3, 0.4) is 0 Å². The molecule has 0 spiro atoms. The van der Waals surface area contributed by atoms with E-state index in [0.29, 0.717) is 0 Å². The highest BCUT2D eigenvalue weighted by molar-refractivity contribution is 5.63. The van der Waals surface area contributed by atoms with Gasteiger partial charge in [-0.3, -0.25) is 0 Å². The number of nitrogens with one attached hydrogen (secondary N) is 2. The first kappa shape index (κ1) is 13.1. The molecule has 1 aromatic heterocycles. The largest absolute Gasteiger partial charge is 0.340 e. The van der Waals surface area contributed by atoms with E-state index in [-0.39, 0.29) is 0 Å². The minimum atomic E-state index is 0.717. The Bertz CT molecular complexity index is 652. The third-order valence-corrected chi connectivity index (χ3v) is 2.93. The van der Waals surface area contributed by atoms with E-state index in [0.717, 1.165) is 28.8 Å².